The molecule has 29 heavy (non-hydrogen) atoms. The van der Waals surface area contributed by atoms with E-state index in [4.69, 9.17) is 21.7 Å². The number of thiocarbonyl (C=S) groups is 1. The van der Waals surface area contributed by atoms with E-state index in [1.165, 1.54) is 24.2 Å². The predicted molar refractivity (Wildman–Crippen MR) is 120 cm³/mol. The summed E-state index contributed by atoms with van der Waals surface area (Å²) in [5, 5.41) is 8.12. The number of hydrogen-bond donors (Lipinski definition) is 2. The molecule has 1 aliphatic carbocycles. The second-order valence-corrected chi connectivity index (χ2v) is 7.84. The maximum absolute atomic E-state index is 11.7. The minimum atomic E-state index is -0.115. The van der Waals surface area contributed by atoms with Crippen LogP contribution in [-0.2, 0) is 4.79 Å². The van der Waals surface area contributed by atoms with E-state index in [0.29, 0.717) is 35.2 Å². The predicted octanol–water partition coefficient (Wildman–Crippen LogP) is 2.93. The number of nitrogens with zero attached hydrogens (tertiary/aromatic N) is 2. The van der Waals surface area contributed by atoms with Crippen molar-refractivity contribution in [3.63, 3.8) is 0 Å². The molecule has 1 aliphatic rings. The average Bonchev–Trinajstić information content (AvgIpc) is 2.69. The first-order valence-electron chi connectivity index (χ1n) is 10.1. The van der Waals surface area contributed by atoms with Gasteiger partial charge in [-0.1, -0.05) is 19.8 Å². The van der Waals surface area contributed by atoms with Gasteiger partial charge in [0.05, 0.1) is 12.8 Å². The fourth-order valence-corrected chi connectivity index (χ4v) is 3.36. The Morgan fingerprint density at radius 2 is 2.03 bits per heavy atom. The van der Waals surface area contributed by atoms with Gasteiger partial charge < -0.3 is 19.7 Å². The largest absolute Gasteiger partial charge is 0.490 e. The van der Waals surface area contributed by atoms with Gasteiger partial charge in [-0.3, -0.25) is 10.2 Å². The van der Waals surface area contributed by atoms with E-state index < -0.39 is 0 Å². The fraction of sp³-hybridized carbons (Fsp3) is 0.571. The highest BCUT2D eigenvalue weighted by molar-refractivity contribution is 7.80. The molecule has 2 rings (SSSR count). The summed E-state index contributed by atoms with van der Waals surface area (Å²) >= 11 is 5.35. The summed E-state index contributed by atoms with van der Waals surface area (Å²) in [6.45, 7) is 4.60. The van der Waals surface area contributed by atoms with Gasteiger partial charge in [0.1, 0.15) is 0 Å². The highest BCUT2D eigenvalue weighted by atomic mass is 32.1. The Balaban J connectivity index is 1.92. The highest BCUT2D eigenvalue weighted by Gasteiger charge is 2.21. The summed E-state index contributed by atoms with van der Waals surface area (Å²) in [6.07, 6.45) is 6.58. The van der Waals surface area contributed by atoms with Crippen molar-refractivity contribution in [3.05, 3.63) is 23.8 Å². The van der Waals surface area contributed by atoms with Gasteiger partial charge in [-0.25, -0.2) is 0 Å². The Morgan fingerprint density at radius 3 is 2.72 bits per heavy atom. The van der Waals surface area contributed by atoms with Crippen LogP contribution in [0.25, 0.3) is 0 Å². The summed E-state index contributed by atoms with van der Waals surface area (Å²) in [5.74, 6) is 1.60. The Hall–Kier alpha value is -2.35. The standard InChI is InChI=1S/C21H32N4O3S/c1-5-27-19-12-16(10-11-18(19)28-14-20(26)25(3)4)13-22-24-21(29)23-17-9-7-6-8-15(17)2/h10-13,15,17H,5-9,14H2,1-4H3,(H2,23,24,29)/b22-13-/t15-,17-/m1/s1. The molecule has 0 unspecified atom stereocenters. The second kappa shape index (κ2) is 11.6. The zero-order valence-electron chi connectivity index (χ0n) is 17.7. The topological polar surface area (TPSA) is 75.2 Å². The average molecular weight is 421 g/mol. The smallest absolute Gasteiger partial charge is 0.259 e. The Labute approximate surface area is 178 Å². The number of amides is 1. The lowest BCUT2D eigenvalue weighted by molar-refractivity contribution is -0.130. The molecule has 2 N–H and O–H groups in total. The molecule has 1 aromatic rings. The zero-order valence-corrected chi connectivity index (χ0v) is 18.6. The molecule has 0 spiro atoms. The van der Waals surface area contributed by atoms with Gasteiger partial charge in [-0.2, -0.15) is 5.10 Å². The van der Waals surface area contributed by atoms with Crippen molar-refractivity contribution in [2.45, 2.75) is 45.6 Å². The van der Waals surface area contributed by atoms with Crippen molar-refractivity contribution in [3.8, 4) is 11.5 Å². The van der Waals surface area contributed by atoms with Crippen LogP contribution >= 0.6 is 12.2 Å². The van der Waals surface area contributed by atoms with E-state index in [2.05, 4.69) is 22.8 Å². The van der Waals surface area contributed by atoms with Gasteiger partial charge in [0.2, 0.25) is 0 Å². The highest BCUT2D eigenvalue weighted by Crippen LogP contribution is 2.28. The third kappa shape index (κ3) is 7.53. The Morgan fingerprint density at radius 1 is 1.28 bits per heavy atom. The number of hydrazone groups is 1. The van der Waals surface area contributed by atoms with Crippen LogP contribution in [0.2, 0.25) is 0 Å². The maximum Gasteiger partial charge on any atom is 0.259 e. The van der Waals surface area contributed by atoms with Crippen molar-refractivity contribution < 1.29 is 14.3 Å². The second-order valence-electron chi connectivity index (χ2n) is 7.43. The molecule has 0 aromatic heterocycles. The third-order valence-electron chi connectivity index (χ3n) is 4.93. The van der Waals surface area contributed by atoms with E-state index >= 15 is 0 Å². The molecule has 2 atom stereocenters. The Kier molecular flexibility index (Phi) is 9.18. The molecular formula is C21H32N4O3S. The molecule has 0 aliphatic heterocycles. The summed E-state index contributed by atoms with van der Waals surface area (Å²) in [5.41, 5.74) is 3.72. The summed E-state index contributed by atoms with van der Waals surface area (Å²) in [6, 6.07) is 5.85. The third-order valence-corrected chi connectivity index (χ3v) is 5.13. The quantitative estimate of drug-likeness (QED) is 0.383. The van der Waals surface area contributed by atoms with Crippen LogP contribution in [0, 0.1) is 5.92 Å². The molecule has 160 valence electrons. The molecule has 1 amide bonds. The van der Waals surface area contributed by atoms with Crippen LogP contribution in [0.3, 0.4) is 0 Å². The summed E-state index contributed by atoms with van der Waals surface area (Å²) in [4.78, 5) is 13.2. The van der Waals surface area contributed by atoms with Crippen LogP contribution in [0.15, 0.2) is 23.3 Å². The zero-order chi connectivity index (χ0) is 21.2. The SMILES string of the molecule is CCOc1cc(/C=N\NC(=S)N[C@@H]2CCCC[C@H]2C)ccc1OCC(=O)N(C)C. The number of carbonyl (C=O) groups is 1. The van der Waals surface area contributed by atoms with Crippen molar-refractivity contribution in [2.24, 2.45) is 11.0 Å². The van der Waals surface area contributed by atoms with Crippen molar-refractivity contribution in [1.29, 1.82) is 0 Å². The van der Waals surface area contributed by atoms with Crippen LogP contribution < -0.4 is 20.2 Å². The fourth-order valence-electron chi connectivity index (χ4n) is 3.16. The van der Waals surface area contributed by atoms with Crippen LogP contribution in [-0.4, -0.2) is 55.5 Å². The van der Waals surface area contributed by atoms with E-state index in [9.17, 15) is 4.79 Å². The van der Waals surface area contributed by atoms with Gasteiger partial charge in [-0.15, -0.1) is 0 Å². The van der Waals surface area contributed by atoms with Gasteiger partial charge in [-0.05, 0) is 61.7 Å². The molecule has 1 aromatic carbocycles. The molecule has 0 radical (unpaired) electrons. The van der Waals surface area contributed by atoms with Crippen LogP contribution in [0.1, 0.15) is 45.1 Å². The monoisotopic (exact) mass is 420 g/mol. The number of likely N-dealkylation sites (N-methyl/N-ethyl adjacent to an activating group) is 1. The van der Waals surface area contributed by atoms with Crippen LogP contribution in [0.5, 0.6) is 11.5 Å². The molecule has 8 heteroatoms. The van der Waals surface area contributed by atoms with Gasteiger partial charge >= 0.3 is 0 Å². The first-order chi connectivity index (χ1) is 13.9. The van der Waals surface area contributed by atoms with Crippen molar-refractivity contribution in [1.82, 2.24) is 15.6 Å². The maximum atomic E-state index is 11.7. The summed E-state index contributed by atoms with van der Waals surface area (Å²) < 4.78 is 11.2. The normalized spacial score (nSPS) is 18.9. The van der Waals surface area contributed by atoms with Crippen LogP contribution in [0.4, 0.5) is 0 Å². The number of rotatable bonds is 8. The van der Waals surface area contributed by atoms with E-state index in [1.54, 1.807) is 26.4 Å². The minimum absolute atomic E-state index is 0.0401. The molecule has 0 saturated heterocycles. The van der Waals surface area contributed by atoms with E-state index in [-0.39, 0.29) is 12.5 Å². The lowest BCUT2D eigenvalue weighted by atomic mass is 9.86. The van der Waals surface area contributed by atoms with Crippen molar-refractivity contribution >= 4 is 29.5 Å². The number of ether oxygens (including phenoxy) is 2. The number of benzene rings is 1. The molecular weight excluding hydrogens is 388 g/mol. The van der Waals surface area contributed by atoms with Gasteiger partial charge in [0.25, 0.3) is 5.91 Å². The number of carbonyl (C=O) groups excluding carboxylic acids is 1. The van der Waals surface area contributed by atoms with Gasteiger partial charge in [0, 0.05) is 20.1 Å². The van der Waals surface area contributed by atoms with E-state index in [1.807, 2.05) is 19.1 Å². The molecule has 1 fully saturated rings. The van der Waals surface area contributed by atoms with Gasteiger partial charge in [0.15, 0.2) is 23.2 Å². The first kappa shape index (κ1) is 22.9. The number of hydrogen-bond acceptors (Lipinski definition) is 5. The molecule has 0 heterocycles. The van der Waals surface area contributed by atoms with E-state index in [0.717, 1.165) is 12.0 Å². The summed E-state index contributed by atoms with van der Waals surface area (Å²) in [7, 11) is 3.38. The number of nitrogens with one attached hydrogen (secondary N) is 2. The molecule has 7 nitrogen and oxygen atoms in total. The molecule has 0 bridgehead atoms. The minimum Gasteiger partial charge on any atom is -0.490 e. The lowest BCUT2D eigenvalue weighted by Gasteiger charge is -2.30. The lowest BCUT2D eigenvalue weighted by Crippen LogP contribution is -2.44. The first-order valence-corrected chi connectivity index (χ1v) is 10.5. The molecule has 1 saturated carbocycles. The Bertz CT molecular complexity index is 724. The van der Waals surface area contributed by atoms with Crippen molar-refractivity contribution in [2.75, 3.05) is 27.3 Å².